The van der Waals surface area contributed by atoms with Crippen molar-refractivity contribution in [3.05, 3.63) is 41.5 Å². The van der Waals surface area contributed by atoms with Crippen LogP contribution in [0, 0.1) is 0 Å². The lowest BCUT2D eigenvalue weighted by atomic mass is 10.2. The molecule has 2 aliphatic rings. The summed E-state index contributed by atoms with van der Waals surface area (Å²) >= 11 is 8.13. The van der Waals surface area contributed by atoms with Crippen molar-refractivity contribution in [2.45, 2.75) is 42.3 Å². The summed E-state index contributed by atoms with van der Waals surface area (Å²) in [5.74, 6) is 0.816. The second-order valence-corrected chi connectivity index (χ2v) is 8.58. The van der Waals surface area contributed by atoms with Gasteiger partial charge in [-0.25, -0.2) is 19.9 Å². The number of halogens is 1. The average Bonchev–Trinajstić information content (AvgIpc) is 3.30. The van der Waals surface area contributed by atoms with Crippen LogP contribution in [0.5, 0.6) is 0 Å². The number of allylic oxidation sites excluding steroid dienone is 1. The normalized spacial score (nSPS) is 18.7. The molecular formula is C20H19ClN6OS. The molecule has 5 rings (SSSR count). The highest BCUT2D eigenvalue weighted by Crippen LogP contribution is 2.43. The van der Waals surface area contributed by atoms with E-state index in [0.29, 0.717) is 17.3 Å². The van der Waals surface area contributed by atoms with E-state index < -0.39 is 0 Å². The van der Waals surface area contributed by atoms with Gasteiger partial charge in [-0.1, -0.05) is 18.5 Å². The van der Waals surface area contributed by atoms with Crippen LogP contribution in [-0.4, -0.2) is 49.2 Å². The van der Waals surface area contributed by atoms with E-state index in [-0.39, 0.29) is 6.10 Å². The summed E-state index contributed by atoms with van der Waals surface area (Å²) in [6, 6.07) is 1.94. The van der Waals surface area contributed by atoms with E-state index >= 15 is 0 Å². The summed E-state index contributed by atoms with van der Waals surface area (Å²) in [7, 11) is 0. The van der Waals surface area contributed by atoms with Crippen LogP contribution >= 0.6 is 23.4 Å². The SMILES string of the molecule is CCC1=C(Cl)c2c(nc(Sc3cnc4nccnc4c3)nc2N2CC[C@H](O)C2)C1. The van der Waals surface area contributed by atoms with Gasteiger partial charge in [0.15, 0.2) is 10.8 Å². The number of aromatic nitrogens is 5. The number of hydrogen-bond donors (Lipinski definition) is 1. The maximum atomic E-state index is 10.0. The molecule has 1 aliphatic heterocycles. The number of aliphatic hydroxyl groups excluding tert-OH is 1. The molecule has 0 spiro atoms. The number of nitrogens with zero attached hydrogens (tertiary/aromatic N) is 6. The van der Waals surface area contributed by atoms with Gasteiger partial charge in [0.1, 0.15) is 11.3 Å². The maximum absolute atomic E-state index is 10.0. The van der Waals surface area contributed by atoms with Gasteiger partial charge in [-0.3, -0.25) is 4.98 Å². The fourth-order valence-corrected chi connectivity index (χ4v) is 4.94. The van der Waals surface area contributed by atoms with Crippen LogP contribution in [0.25, 0.3) is 16.2 Å². The lowest BCUT2D eigenvalue weighted by molar-refractivity contribution is 0.198. The van der Waals surface area contributed by atoms with Gasteiger partial charge in [0.05, 0.1) is 22.4 Å². The summed E-state index contributed by atoms with van der Waals surface area (Å²) in [5, 5.41) is 11.4. The molecule has 1 N–H and O–H groups in total. The summed E-state index contributed by atoms with van der Waals surface area (Å²) in [6.07, 6.45) is 7.07. The molecule has 1 aliphatic carbocycles. The quantitative estimate of drug-likeness (QED) is 0.634. The van der Waals surface area contributed by atoms with Gasteiger partial charge in [0.2, 0.25) is 0 Å². The molecule has 0 radical (unpaired) electrons. The topological polar surface area (TPSA) is 87.9 Å². The molecular weight excluding hydrogens is 408 g/mol. The first-order chi connectivity index (χ1) is 14.1. The number of pyridine rings is 1. The highest BCUT2D eigenvalue weighted by atomic mass is 35.5. The third kappa shape index (κ3) is 3.45. The number of anilines is 1. The molecule has 9 heteroatoms. The Kier molecular flexibility index (Phi) is 4.85. The Labute approximate surface area is 177 Å². The van der Waals surface area contributed by atoms with E-state index in [1.165, 1.54) is 17.3 Å². The van der Waals surface area contributed by atoms with E-state index in [1.54, 1.807) is 18.6 Å². The van der Waals surface area contributed by atoms with Crippen molar-refractivity contribution in [2.24, 2.45) is 0 Å². The lowest BCUT2D eigenvalue weighted by Crippen LogP contribution is -2.24. The first-order valence-electron chi connectivity index (χ1n) is 9.58. The van der Waals surface area contributed by atoms with Crippen molar-refractivity contribution < 1.29 is 5.11 Å². The molecule has 0 bridgehead atoms. The molecule has 1 saturated heterocycles. The van der Waals surface area contributed by atoms with Gasteiger partial charge >= 0.3 is 0 Å². The average molecular weight is 427 g/mol. The minimum absolute atomic E-state index is 0.338. The van der Waals surface area contributed by atoms with Crippen molar-refractivity contribution in [1.82, 2.24) is 24.9 Å². The summed E-state index contributed by atoms with van der Waals surface area (Å²) in [5.41, 5.74) is 4.40. The molecule has 29 heavy (non-hydrogen) atoms. The van der Waals surface area contributed by atoms with Crippen LogP contribution in [0.3, 0.4) is 0 Å². The van der Waals surface area contributed by atoms with Gasteiger partial charge in [0.25, 0.3) is 0 Å². The third-order valence-corrected chi connectivity index (χ3v) is 6.53. The molecule has 0 saturated carbocycles. The third-order valence-electron chi connectivity index (χ3n) is 5.25. The maximum Gasteiger partial charge on any atom is 0.194 e. The molecule has 0 aromatic carbocycles. The molecule has 148 valence electrons. The molecule has 0 amide bonds. The van der Waals surface area contributed by atoms with Gasteiger partial charge in [0, 0.05) is 43.0 Å². The number of aliphatic hydroxyl groups is 1. The van der Waals surface area contributed by atoms with Crippen molar-refractivity contribution in [2.75, 3.05) is 18.0 Å². The van der Waals surface area contributed by atoms with Gasteiger partial charge in [-0.15, -0.1) is 0 Å². The molecule has 1 fully saturated rings. The molecule has 3 aromatic rings. The van der Waals surface area contributed by atoms with Crippen LogP contribution in [0.2, 0.25) is 0 Å². The van der Waals surface area contributed by atoms with E-state index in [1.807, 2.05) is 6.07 Å². The zero-order chi connectivity index (χ0) is 20.0. The number of β-amino-alcohol motifs (C(OH)–C–C–N with tert-alkyl or cyclic N) is 1. The monoisotopic (exact) mass is 426 g/mol. The lowest BCUT2D eigenvalue weighted by Gasteiger charge is -2.20. The Morgan fingerprint density at radius 1 is 1.24 bits per heavy atom. The minimum Gasteiger partial charge on any atom is -0.391 e. The molecule has 4 heterocycles. The minimum atomic E-state index is -0.338. The van der Waals surface area contributed by atoms with Crippen LogP contribution in [0.15, 0.2) is 40.3 Å². The van der Waals surface area contributed by atoms with Crippen molar-refractivity contribution in [3.63, 3.8) is 0 Å². The Morgan fingerprint density at radius 3 is 2.90 bits per heavy atom. The summed E-state index contributed by atoms with van der Waals surface area (Å²) in [4.78, 5) is 25.6. The van der Waals surface area contributed by atoms with E-state index in [9.17, 15) is 5.11 Å². The summed E-state index contributed by atoms with van der Waals surface area (Å²) in [6.45, 7) is 3.42. The second kappa shape index (κ2) is 7.51. The van der Waals surface area contributed by atoms with Crippen molar-refractivity contribution in [1.29, 1.82) is 0 Å². The Bertz CT molecular complexity index is 1140. The standard InChI is InChI=1S/C20H19ClN6OS/c1-2-11-7-14-16(17(11)21)19(27-6-3-12(28)10-27)26-20(25-14)29-13-8-15-18(24-9-13)23-5-4-22-15/h4-5,8-9,12,28H,2-3,6-7,10H2,1H3/t12-/m0/s1. The Morgan fingerprint density at radius 2 is 2.10 bits per heavy atom. The Hall–Kier alpha value is -2.29. The van der Waals surface area contributed by atoms with Gasteiger partial charge in [-0.05, 0) is 36.2 Å². The van der Waals surface area contributed by atoms with Crippen molar-refractivity contribution in [3.8, 4) is 0 Å². The fourth-order valence-electron chi connectivity index (χ4n) is 3.77. The van der Waals surface area contributed by atoms with Crippen LogP contribution in [0.1, 0.15) is 31.0 Å². The van der Waals surface area contributed by atoms with Crippen LogP contribution in [-0.2, 0) is 6.42 Å². The van der Waals surface area contributed by atoms with Crippen LogP contribution < -0.4 is 4.90 Å². The van der Waals surface area contributed by atoms with E-state index in [4.69, 9.17) is 21.6 Å². The number of fused-ring (bicyclic) bond motifs is 2. The second-order valence-electron chi connectivity index (χ2n) is 7.16. The first-order valence-corrected chi connectivity index (χ1v) is 10.8. The van der Waals surface area contributed by atoms with Gasteiger partial charge < -0.3 is 10.0 Å². The zero-order valence-corrected chi connectivity index (χ0v) is 17.4. The predicted octanol–water partition coefficient (Wildman–Crippen LogP) is 3.45. The predicted molar refractivity (Wildman–Crippen MR) is 113 cm³/mol. The van der Waals surface area contributed by atoms with Crippen molar-refractivity contribution >= 4 is 45.4 Å². The molecule has 1 atom stereocenters. The van der Waals surface area contributed by atoms with E-state index in [2.05, 4.69) is 26.8 Å². The summed E-state index contributed by atoms with van der Waals surface area (Å²) < 4.78 is 0. The molecule has 7 nitrogen and oxygen atoms in total. The number of hydrogen-bond acceptors (Lipinski definition) is 8. The number of rotatable bonds is 4. The first kappa shape index (κ1) is 18.7. The highest BCUT2D eigenvalue weighted by Gasteiger charge is 2.31. The zero-order valence-electron chi connectivity index (χ0n) is 15.8. The molecule has 3 aromatic heterocycles. The molecule has 0 unspecified atom stereocenters. The highest BCUT2D eigenvalue weighted by molar-refractivity contribution is 7.99. The smallest absolute Gasteiger partial charge is 0.194 e. The Balaban J connectivity index is 1.54. The van der Waals surface area contributed by atoms with E-state index in [0.717, 1.165) is 58.3 Å². The largest absolute Gasteiger partial charge is 0.391 e. The fraction of sp³-hybridized carbons (Fsp3) is 0.350. The van der Waals surface area contributed by atoms with Crippen LogP contribution in [0.4, 0.5) is 5.82 Å². The van der Waals surface area contributed by atoms with Gasteiger partial charge in [-0.2, -0.15) is 0 Å².